The molecule has 0 bridgehead atoms. The van der Waals surface area contributed by atoms with E-state index in [4.69, 9.17) is 0 Å². The Bertz CT molecular complexity index is 733. The Morgan fingerprint density at radius 3 is 2.30 bits per heavy atom. The standard InChI is InChI=1S/C13H12F2N2O2S/c1-16-10-6-2-3-8-12(10)20(18,19)17-11-7-4-5-9(14)13(11)15/h2-8,16-17H,1H3. The lowest BCUT2D eigenvalue weighted by molar-refractivity contribution is 0.511. The van der Waals surface area contributed by atoms with E-state index in [9.17, 15) is 17.2 Å². The van der Waals surface area contributed by atoms with Crippen LogP contribution in [-0.4, -0.2) is 15.5 Å². The molecule has 2 aromatic carbocycles. The molecule has 2 rings (SSSR count). The van der Waals surface area contributed by atoms with E-state index in [1.807, 2.05) is 4.72 Å². The second-order valence-corrected chi connectivity index (χ2v) is 5.60. The summed E-state index contributed by atoms with van der Waals surface area (Å²) in [6.45, 7) is 0. The first-order valence-corrected chi connectivity index (χ1v) is 7.17. The number of benzene rings is 2. The number of nitrogens with one attached hydrogen (secondary N) is 2. The largest absolute Gasteiger partial charge is 0.387 e. The Labute approximate surface area is 115 Å². The molecule has 2 aromatic rings. The van der Waals surface area contributed by atoms with Gasteiger partial charge in [-0.2, -0.15) is 0 Å². The third-order valence-corrected chi connectivity index (χ3v) is 4.07. The van der Waals surface area contributed by atoms with Gasteiger partial charge in [-0.25, -0.2) is 17.2 Å². The van der Waals surface area contributed by atoms with Crippen molar-refractivity contribution in [1.29, 1.82) is 0 Å². The van der Waals surface area contributed by atoms with Gasteiger partial charge < -0.3 is 5.32 Å². The zero-order valence-electron chi connectivity index (χ0n) is 10.5. The van der Waals surface area contributed by atoms with Crippen LogP contribution in [-0.2, 0) is 10.0 Å². The molecule has 0 amide bonds. The van der Waals surface area contributed by atoms with Crippen LogP contribution in [0, 0.1) is 11.6 Å². The molecule has 0 saturated carbocycles. The lowest BCUT2D eigenvalue weighted by Gasteiger charge is -2.12. The van der Waals surface area contributed by atoms with Crippen molar-refractivity contribution < 1.29 is 17.2 Å². The van der Waals surface area contributed by atoms with Gasteiger partial charge in [-0.05, 0) is 24.3 Å². The summed E-state index contributed by atoms with van der Waals surface area (Å²) < 4.78 is 53.0. The van der Waals surface area contributed by atoms with Gasteiger partial charge in [0.25, 0.3) is 10.0 Å². The highest BCUT2D eigenvalue weighted by Crippen LogP contribution is 2.25. The minimum atomic E-state index is -4.01. The van der Waals surface area contributed by atoms with Crippen molar-refractivity contribution in [3.63, 3.8) is 0 Å². The lowest BCUT2D eigenvalue weighted by Crippen LogP contribution is -2.16. The van der Waals surface area contributed by atoms with Crippen LogP contribution in [0.25, 0.3) is 0 Å². The van der Waals surface area contributed by atoms with Crippen LogP contribution in [0.1, 0.15) is 0 Å². The number of hydrogen-bond acceptors (Lipinski definition) is 3. The van der Waals surface area contributed by atoms with Gasteiger partial charge in [0.1, 0.15) is 4.90 Å². The Hall–Kier alpha value is -2.15. The van der Waals surface area contributed by atoms with Gasteiger partial charge in [0, 0.05) is 7.05 Å². The van der Waals surface area contributed by atoms with E-state index in [1.165, 1.54) is 18.2 Å². The Morgan fingerprint density at radius 2 is 1.60 bits per heavy atom. The smallest absolute Gasteiger partial charge is 0.264 e. The van der Waals surface area contributed by atoms with Crippen LogP contribution < -0.4 is 10.0 Å². The maximum atomic E-state index is 13.5. The summed E-state index contributed by atoms with van der Waals surface area (Å²) in [5.74, 6) is -2.36. The van der Waals surface area contributed by atoms with Crippen LogP contribution >= 0.6 is 0 Å². The number of anilines is 2. The first-order valence-electron chi connectivity index (χ1n) is 5.69. The molecule has 0 aromatic heterocycles. The molecule has 106 valence electrons. The summed E-state index contributed by atoms with van der Waals surface area (Å²) in [5, 5.41) is 2.73. The van der Waals surface area contributed by atoms with Crippen molar-refractivity contribution in [2.24, 2.45) is 0 Å². The lowest BCUT2D eigenvalue weighted by atomic mass is 10.3. The zero-order valence-corrected chi connectivity index (χ0v) is 11.3. The van der Waals surface area contributed by atoms with E-state index < -0.39 is 27.3 Å². The highest BCUT2D eigenvalue weighted by atomic mass is 32.2. The number of sulfonamides is 1. The minimum Gasteiger partial charge on any atom is -0.387 e. The number of para-hydroxylation sites is 1. The van der Waals surface area contributed by atoms with Gasteiger partial charge in [-0.1, -0.05) is 18.2 Å². The molecule has 0 atom stereocenters. The fraction of sp³-hybridized carbons (Fsp3) is 0.0769. The third-order valence-electron chi connectivity index (χ3n) is 2.64. The normalized spacial score (nSPS) is 11.2. The Morgan fingerprint density at radius 1 is 0.950 bits per heavy atom. The molecular weight excluding hydrogens is 286 g/mol. The molecular formula is C13H12F2N2O2S. The van der Waals surface area contributed by atoms with E-state index in [0.29, 0.717) is 5.69 Å². The monoisotopic (exact) mass is 298 g/mol. The molecule has 0 saturated heterocycles. The van der Waals surface area contributed by atoms with E-state index in [0.717, 1.165) is 12.1 Å². The van der Waals surface area contributed by atoms with Gasteiger partial charge >= 0.3 is 0 Å². The first-order chi connectivity index (χ1) is 9.45. The topological polar surface area (TPSA) is 58.2 Å². The van der Waals surface area contributed by atoms with Crippen molar-refractivity contribution in [3.05, 3.63) is 54.1 Å². The summed E-state index contributed by atoms with van der Waals surface area (Å²) in [6, 6.07) is 9.42. The molecule has 0 aliphatic carbocycles. The summed E-state index contributed by atoms with van der Waals surface area (Å²) in [4.78, 5) is -0.0499. The molecule has 7 heteroatoms. The fourth-order valence-corrected chi connectivity index (χ4v) is 2.96. The molecule has 0 spiro atoms. The van der Waals surface area contributed by atoms with Crippen LogP contribution in [0.5, 0.6) is 0 Å². The summed E-state index contributed by atoms with van der Waals surface area (Å²) >= 11 is 0. The van der Waals surface area contributed by atoms with E-state index in [1.54, 1.807) is 19.2 Å². The van der Waals surface area contributed by atoms with Crippen molar-refractivity contribution in [2.75, 3.05) is 17.1 Å². The number of rotatable bonds is 4. The van der Waals surface area contributed by atoms with Crippen LogP contribution in [0.2, 0.25) is 0 Å². The van der Waals surface area contributed by atoms with E-state index in [2.05, 4.69) is 5.32 Å². The molecule has 0 aliphatic rings. The predicted octanol–water partition coefficient (Wildman–Crippen LogP) is 2.81. The maximum Gasteiger partial charge on any atom is 0.264 e. The number of hydrogen-bond donors (Lipinski definition) is 2. The van der Waals surface area contributed by atoms with Crippen molar-refractivity contribution in [2.45, 2.75) is 4.90 Å². The zero-order chi connectivity index (χ0) is 14.8. The van der Waals surface area contributed by atoms with Crippen molar-refractivity contribution in [3.8, 4) is 0 Å². The molecule has 0 unspecified atom stereocenters. The average Bonchev–Trinajstić information content (AvgIpc) is 2.43. The summed E-state index contributed by atoms with van der Waals surface area (Å²) in [6.07, 6.45) is 0. The van der Waals surface area contributed by atoms with Gasteiger partial charge in [0.15, 0.2) is 11.6 Å². The highest BCUT2D eigenvalue weighted by molar-refractivity contribution is 7.92. The van der Waals surface area contributed by atoms with Gasteiger partial charge in [0.05, 0.1) is 11.4 Å². The SMILES string of the molecule is CNc1ccccc1S(=O)(=O)Nc1cccc(F)c1F. The van der Waals surface area contributed by atoms with E-state index in [-0.39, 0.29) is 4.90 Å². The van der Waals surface area contributed by atoms with Crippen LogP contribution in [0.4, 0.5) is 20.2 Å². The van der Waals surface area contributed by atoms with Crippen molar-refractivity contribution in [1.82, 2.24) is 0 Å². The maximum absolute atomic E-state index is 13.5. The van der Waals surface area contributed by atoms with Crippen LogP contribution in [0.3, 0.4) is 0 Å². The van der Waals surface area contributed by atoms with Crippen LogP contribution in [0.15, 0.2) is 47.4 Å². The third kappa shape index (κ3) is 2.72. The number of halogens is 2. The first kappa shape index (κ1) is 14.3. The van der Waals surface area contributed by atoms with Gasteiger partial charge in [-0.15, -0.1) is 0 Å². The molecule has 4 nitrogen and oxygen atoms in total. The highest BCUT2D eigenvalue weighted by Gasteiger charge is 2.20. The Kier molecular flexibility index (Phi) is 3.89. The molecule has 20 heavy (non-hydrogen) atoms. The van der Waals surface area contributed by atoms with Crippen molar-refractivity contribution >= 4 is 21.4 Å². The van der Waals surface area contributed by atoms with Gasteiger partial charge in [-0.3, -0.25) is 4.72 Å². The quantitative estimate of drug-likeness (QED) is 0.912. The molecule has 0 heterocycles. The van der Waals surface area contributed by atoms with E-state index >= 15 is 0 Å². The molecule has 2 N–H and O–H groups in total. The molecule has 0 fully saturated rings. The Balaban J connectivity index is 2.44. The second kappa shape index (κ2) is 5.46. The summed E-state index contributed by atoms with van der Waals surface area (Å²) in [7, 11) is -2.45. The molecule has 0 aliphatic heterocycles. The fourth-order valence-electron chi connectivity index (χ4n) is 1.69. The van der Waals surface area contributed by atoms with Gasteiger partial charge in [0.2, 0.25) is 0 Å². The second-order valence-electron chi connectivity index (χ2n) is 3.95. The average molecular weight is 298 g/mol. The minimum absolute atomic E-state index is 0.0499. The predicted molar refractivity (Wildman–Crippen MR) is 73.2 cm³/mol. The summed E-state index contributed by atoms with van der Waals surface area (Å²) in [5.41, 5.74) is -0.0762. The molecule has 0 radical (unpaired) electrons.